The van der Waals surface area contributed by atoms with Crippen LogP contribution in [-0.4, -0.2) is 6.26 Å². The summed E-state index contributed by atoms with van der Waals surface area (Å²) in [6.45, 7) is 6.38. The fourth-order valence-electron chi connectivity index (χ4n) is 3.36. The first-order valence-electron chi connectivity index (χ1n) is 5.27. The van der Waals surface area contributed by atoms with Crippen molar-refractivity contribution in [1.29, 1.82) is 0 Å². The second kappa shape index (κ2) is 2.07. The SMILES string of the molecule is [2H]C(=O)[C@]12CC[C@H](C[C+]1C)C2(C)C. The second-order valence-corrected chi connectivity index (χ2v) is 4.95. The molecule has 2 fully saturated rings. The van der Waals surface area contributed by atoms with E-state index in [9.17, 15) is 4.79 Å². The van der Waals surface area contributed by atoms with Crippen LogP contribution in [-0.2, 0) is 4.79 Å². The molecule has 66 valence electrons. The lowest BCUT2D eigenvalue weighted by Crippen LogP contribution is -2.34. The van der Waals surface area contributed by atoms with Crippen molar-refractivity contribution >= 4 is 6.26 Å². The highest BCUT2D eigenvalue weighted by atomic mass is 16.1. The number of carbonyl (C=O) groups excluding carboxylic acids is 1. The van der Waals surface area contributed by atoms with Gasteiger partial charge in [-0.1, -0.05) is 13.8 Å². The summed E-state index contributed by atoms with van der Waals surface area (Å²) in [4.78, 5) is 11.5. The van der Waals surface area contributed by atoms with E-state index in [4.69, 9.17) is 1.37 Å². The predicted molar refractivity (Wildman–Crippen MR) is 48.5 cm³/mol. The highest BCUT2D eigenvalue weighted by molar-refractivity contribution is 5.67. The fourth-order valence-corrected chi connectivity index (χ4v) is 3.36. The zero-order chi connectivity index (χ0) is 9.85. The van der Waals surface area contributed by atoms with Crippen LogP contribution in [0.2, 0.25) is 0 Å². The van der Waals surface area contributed by atoms with Crippen molar-refractivity contribution in [3.05, 3.63) is 5.92 Å². The van der Waals surface area contributed by atoms with Crippen molar-refractivity contribution in [2.24, 2.45) is 16.7 Å². The first-order chi connectivity index (χ1) is 5.93. The smallest absolute Gasteiger partial charge is 0.171 e. The third-order valence-electron chi connectivity index (χ3n) is 4.44. The molecule has 2 atom stereocenters. The van der Waals surface area contributed by atoms with Gasteiger partial charge in [-0.3, -0.25) is 4.79 Å². The number of aldehydes is 1. The Kier molecular flexibility index (Phi) is 1.20. The third-order valence-corrected chi connectivity index (χ3v) is 4.44. The highest BCUT2D eigenvalue weighted by Gasteiger charge is 2.70. The summed E-state index contributed by atoms with van der Waals surface area (Å²) in [5.41, 5.74) is -0.354. The number of carbonyl (C=O) groups is 1. The van der Waals surface area contributed by atoms with E-state index in [-0.39, 0.29) is 11.7 Å². The zero-order valence-electron chi connectivity index (χ0n) is 9.11. The summed E-state index contributed by atoms with van der Waals surface area (Å²) in [5.74, 6) is 1.90. The molecule has 0 aromatic carbocycles. The first kappa shape index (κ1) is 6.99. The number of hydrogen-bond donors (Lipinski definition) is 0. The Bertz CT molecular complexity index is 259. The molecule has 2 saturated carbocycles. The van der Waals surface area contributed by atoms with Gasteiger partial charge in [-0.25, -0.2) is 0 Å². The molecule has 1 nitrogen and oxygen atoms in total. The molecule has 12 heavy (non-hydrogen) atoms. The second-order valence-electron chi connectivity index (χ2n) is 4.95. The summed E-state index contributed by atoms with van der Waals surface area (Å²) in [6, 6.07) is 0. The van der Waals surface area contributed by atoms with Crippen molar-refractivity contribution in [2.45, 2.75) is 40.0 Å². The van der Waals surface area contributed by atoms with E-state index < -0.39 is 5.41 Å². The van der Waals surface area contributed by atoms with E-state index >= 15 is 0 Å². The molecule has 2 aliphatic carbocycles. The molecule has 0 aromatic rings. The minimum absolute atomic E-state index is 0.0376. The number of fused-ring (bicyclic) bond motifs is 2. The lowest BCUT2D eigenvalue weighted by Gasteiger charge is -2.28. The Balaban J connectivity index is 2.49. The quantitative estimate of drug-likeness (QED) is 0.432. The molecule has 1 heteroatoms. The Morgan fingerprint density at radius 3 is 2.58 bits per heavy atom. The van der Waals surface area contributed by atoms with Crippen LogP contribution >= 0.6 is 0 Å². The van der Waals surface area contributed by atoms with Gasteiger partial charge in [-0.05, 0) is 6.42 Å². The van der Waals surface area contributed by atoms with E-state index in [0.717, 1.165) is 19.3 Å². The van der Waals surface area contributed by atoms with E-state index in [1.807, 2.05) is 0 Å². The number of hydrogen-bond acceptors (Lipinski definition) is 1. The van der Waals surface area contributed by atoms with Crippen LogP contribution in [0.5, 0.6) is 0 Å². The molecule has 2 aliphatic rings. The lowest BCUT2D eigenvalue weighted by atomic mass is 9.67. The molecule has 0 saturated heterocycles. The van der Waals surface area contributed by atoms with Crippen molar-refractivity contribution in [2.75, 3.05) is 0 Å². The molecule has 0 spiro atoms. The van der Waals surface area contributed by atoms with Gasteiger partial charge in [0.25, 0.3) is 0 Å². The van der Waals surface area contributed by atoms with E-state index in [0.29, 0.717) is 5.92 Å². The van der Waals surface area contributed by atoms with Gasteiger partial charge >= 0.3 is 0 Å². The Morgan fingerprint density at radius 2 is 2.33 bits per heavy atom. The van der Waals surface area contributed by atoms with Gasteiger partial charge in [0.2, 0.25) is 0 Å². The average molecular weight is 166 g/mol. The van der Waals surface area contributed by atoms with Crippen LogP contribution in [0.15, 0.2) is 0 Å². The molecule has 0 unspecified atom stereocenters. The normalized spacial score (nSPS) is 44.8. The van der Waals surface area contributed by atoms with E-state index in [1.165, 1.54) is 5.92 Å². The summed E-state index contributed by atoms with van der Waals surface area (Å²) >= 11 is 0. The molecular weight excluding hydrogens is 148 g/mol. The zero-order valence-corrected chi connectivity index (χ0v) is 8.11. The molecule has 0 radical (unpaired) electrons. The fraction of sp³-hybridized carbons (Fsp3) is 0.818. The molecule has 2 rings (SSSR count). The van der Waals surface area contributed by atoms with Crippen LogP contribution in [0.25, 0.3) is 0 Å². The highest BCUT2D eigenvalue weighted by Crippen LogP contribution is 2.67. The third kappa shape index (κ3) is 0.618. The lowest BCUT2D eigenvalue weighted by molar-refractivity contribution is -0.118. The maximum absolute atomic E-state index is 11.5. The Hall–Kier alpha value is -0.460. The molecule has 0 aromatic heterocycles. The largest absolute Gasteiger partial charge is 0.298 e. The van der Waals surface area contributed by atoms with Crippen molar-refractivity contribution in [1.82, 2.24) is 0 Å². The maximum Gasteiger partial charge on any atom is 0.171 e. The summed E-state index contributed by atoms with van der Waals surface area (Å²) < 4.78 is 7.48. The van der Waals surface area contributed by atoms with Crippen molar-refractivity contribution in [3.8, 4) is 0 Å². The molecule has 0 aliphatic heterocycles. The standard InChI is InChI=1S/C11H17O/c1-8-6-9-4-5-11(8,7-12)10(9,2)3/h7,9H,4-6H2,1-3H3/q+1/t9-,11-/m1/s1/i7D. The topological polar surface area (TPSA) is 17.1 Å². The maximum atomic E-state index is 11.5. The monoisotopic (exact) mass is 166 g/mol. The summed E-state index contributed by atoms with van der Waals surface area (Å²) in [7, 11) is 0. The van der Waals surface area contributed by atoms with E-state index in [1.54, 1.807) is 0 Å². The van der Waals surface area contributed by atoms with Gasteiger partial charge in [0.05, 0.1) is 13.3 Å². The Morgan fingerprint density at radius 1 is 1.67 bits per heavy atom. The molecular formula is C11H17O+. The minimum Gasteiger partial charge on any atom is -0.298 e. The van der Waals surface area contributed by atoms with Crippen molar-refractivity contribution in [3.63, 3.8) is 0 Å². The van der Waals surface area contributed by atoms with Crippen LogP contribution in [0.1, 0.15) is 41.4 Å². The van der Waals surface area contributed by atoms with Crippen LogP contribution in [0, 0.1) is 22.7 Å². The van der Waals surface area contributed by atoms with Crippen molar-refractivity contribution < 1.29 is 6.17 Å². The minimum atomic E-state index is -0.391. The molecule has 0 amide bonds. The Labute approximate surface area is 75.9 Å². The van der Waals surface area contributed by atoms with Gasteiger partial charge in [0, 0.05) is 17.8 Å². The summed E-state index contributed by atoms with van der Waals surface area (Å²) in [6.07, 6.45) is 2.76. The predicted octanol–water partition coefficient (Wildman–Crippen LogP) is 2.61. The van der Waals surface area contributed by atoms with Gasteiger partial charge in [0.15, 0.2) is 11.7 Å². The van der Waals surface area contributed by atoms with Gasteiger partial charge in [-0.2, -0.15) is 0 Å². The van der Waals surface area contributed by atoms with Gasteiger partial charge in [-0.15, -0.1) is 0 Å². The molecule has 0 N–H and O–H groups in total. The average Bonchev–Trinajstić information content (AvgIpc) is 2.35. The molecule has 2 bridgehead atoms. The van der Waals surface area contributed by atoms with Crippen LogP contribution in [0.4, 0.5) is 0 Å². The van der Waals surface area contributed by atoms with Crippen LogP contribution < -0.4 is 0 Å². The van der Waals surface area contributed by atoms with Gasteiger partial charge in [0.1, 0.15) is 7.29 Å². The molecule has 0 heterocycles. The van der Waals surface area contributed by atoms with E-state index in [2.05, 4.69) is 20.8 Å². The number of rotatable bonds is 1. The van der Waals surface area contributed by atoms with Crippen LogP contribution in [0.3, 0.4) is 0 Å². The first-order valence-corrected chi connectivity index (χ1v) is 4.77. The summed E-state index contributed by atoms with van der Waals surface area (Å²) in [5, 5.41) is 0. The van der Waals surface area contributed by atoms with Gasteiger partial charge < -0.3 is 0 Å².